The highest BCUT2D eigenvalue weighted by Crippen LogP contribution is 2.41. The molecule has 16 nitrogen and oxygen atoms in total. The third-order valence-electron chi connectivity index (χ3n) is 7.55. The molecule has 1 saturated heterocycles. The molecule has 4 rings (SSSR count). The molecule has 0 saturated carbocycles. The summed E-state index contributed by atoms with van der Waals surface area (Å²) < 4.78 is 51.3. The minimum Gasteiger partial charge on any atom is -0.495 e. The van der Waals surface area contributed by atoms with Crippen LogP contribution in [0.2, 0.25) is 0 Å². The van der Waals surface area contributed by atoms with Gasteiger partial charge in [0.05, 0.1) is 39.5 Å². The van der Waals surface area contributed by atoms with E-state index in [-0.39, 0.29) is 50.7 Å². The van der Waals surface area contributed by atoms with E-state index in [4.69, 9.17) is 49.1 Å². The van der Waals surface area contributed by atoms with Crippen molar-refractivity contribution in [1.82, 2.24) is 9.78 Å². The average molecular weight is 697 g/mol. The molecule has 50 heavy (non-hydrogen) atoms. The van der Waals surface area contributed by atoms with Gasteiger partial charge in [0, 0.05) is 38.6 Å². The van der Waals surface area contributed by atoms with E-state index in [1.807, 2.05) is 0 Å². The second kappa shape index (κ2) is 15.6. The number of hydrogen-bond acceptors (Lipinski definition) is 15. The second-order valence-electron chi connectivity index (χ2n) is 10.8. The zero-order valence-corrected chi connectivity index (χ0v) is 28.6. The maximum Gasteiger partial charge on any atom is 0.303 e. The van der Waals surface area contributed by atoms with Gasteiger partial charge in [0.2, 0.25) is 11.5 Å². The summed E-state index contributed by atoms with van der Waals surface area (Å²) >= 11 is 0. The quantitative estimate of drug-likeness (QED) is 0.116. The Morgan fingerprint density at radius 1 is 0.780 bits per heavy atom. The van der Waals surface area contributed by atoms with Gasteiger partial charge < -0.3 is 42.6 Å². The summed E-state index contributed by atoms with van der Waals surface area (Å²) in [5, 5.41) is 4.87. The first-order valence-electron chi connectivity index (χ1n) is 15.0. The number of ketones is 1. The van der Waals surface area contributed by atoms with Gasteiger partial charge >= 0.3 is 23.9 Å². The van der Waals surface area contributed by atoms with E-state index < -0.39 is 66.9 Å². The fraction of sp³-hybridized carbons (Fsp3) is 0.412. The molecule has 266 valence electrons. The van der Waals surface area contributed by atoms with Gasteiger partial charge in [0.15, 0.2) is 36.0 Å². The zero-order chi connectivity index (χ0) is 36.9. The molecule has 3 aromatic rings. The summed E-state index contributed by atoms with van der Waals surface area (Å²) in [6, 6.07) is 5.97. The van der Waals surface area contributed by atoms with E-state index in [0.29, 0.717) is 0 Å². The number of carbonyl (C=O) groups excluding carboxylic acids is 5. The molecule has 0 aliphatic carbocycles. The van der Waals surface area contributed by atoms with Crippen LogP contribution in [0.5, 0.6) is 23.0 Å². The highest BCUT2D eigenvalue weighted by molar-refractivity contribution is 6.16. The van der Waals surface area contributed by atoms with E-state index in [9.17, 15) is 24.0 Å². The van der Waals surface area contributed by atoms with Crippen LogP contribution in [-0.2, 0) is 42.9 Å². The molecule has 0 N–H and O–H groups in total. The molecule has 0 spiro atoms. The molecule has 2 heterocycles. The predicted octanol–water partition coefficient (Wildman–Crippen LogP) is 2.54. The van der Waals surface area contributed by atoms with Gasteiger partial charge in [-0.25, -0.2) is 4.68 Å². The lowest BCUT2D eigenvalue weighted by molar-refractivity contribution is -0.269. The Labute approximate surface area is 286 Å². The van der Waals surface area contributed by atoms with Crippen LogP contribution in [0, 0.1) is 12.3 Å². The van der Waals surface area contributed by atoms with Gasteiger partial charge in [0.25, 0.3) is 0 Å². The Morgan fingerprint density at radius 2 is 1.34 bits per heavy atom. The second-order valence-corrected chi connectivity index (χ2v) is 10.8. The van der Waals surface area contributed by atoms with Gasteiger partial charge in [-0.3, -0.25) is 24.0 Å². The Hall–Kier alpha value is -5.82. The Kier molecular flexibility index (Phi) is 11.5. The maximum atomic E-state index is 14.3. The Bertz CT molecular complexity index is 1830. The number of hydrogen-bond donors (Lipinski definition) is 0. The van der Waals surface area contributed by atoms with Crippen LogP contribution in [0.4, 0.5) is 0 Å². The third kappa shape index (κ3) is 7.42. The molecule has 0 bridgehead atoms. The highest BCUT2D eigenvalue weighted by atomic mass is 16.7. The van der Waals surface area contributed by atoms with Crippen molar-refractivity contribution in [2.24, 2.45) is 0 Å². The molecule has 2 aromatic carbocycles. The van der Waals surface area contributed by atoms with Crippen LogP contribution in [0.25, 0.3) is 10.9 Å². The molecule has 0 radical (unpaired) electrons. The molecule has 2 unspecified atom stereocenters. The lowest BCUT2D eigenvalue weighted by Gasteiger charge is -2.44. The van der Waals surface area contributed by atoms with Gasteiger partial charge in [-0.2, -0.15) is 5.10 Å². The molecular weight excluding hydrogens is 660 g/mol. The number of benzene rings is 2. The van der Waals surface area contributed by atoms with E-state index in [0.717, 1.165) is 27.7 Å². The summed E-state index contributed by atoms with van der Waals surface area (Å²) in [4.78, 5) is 63.3. The number of aromatic nitrogens is 2. The van der Waals surface area contributed by atoms with Crippen molar-refractivity contribution in [3.8, 4) is 35.3 Å². The van der Waals surface area contributed by atoms with Gasteiger partial charge in [-0.1, -0.05) is 5.92 Å². The first-order chi connectivity index (χ1) is 23.8. The van der Waals surface area contributed by atoms with Crippen LogP contribution >= 0.6 is 0 Å². The lowest BCUT2D eigenvalue weighted by atomic mass is 9.96. The average Bonchev–Trinajstić information content (AvgIpc) is 3.46. The SMILES string of the molecule is C#Cc1c(OC)ccc2c(C(=O)c3cc(OC)c(OC)c(OC)c3)nn([C@@H]3OC(COC(C)=O)[C@H](OC(C)=O)[C@H](OC(C)=O)C3OC(C)=O)c12. The summed E-state index contributed by atoms with van der Waals surface area (Å²) in [6.45, 7) is 3.97. The smallest absolute Gasteiger partial charge is 0.303 e. The first-order valence-corrected chi connectivity index (χ1v) is 15.0. The molecule has 1 aliphatic rings. The topological polar surface area (TPSA) is 186 Å². The Morgan fingerprint density at radius 3 is 1.84 bits per heavy atom. The summed E-state index contributed by atoms with van der Waals surface area (Å²) in [5.41, 5.74) is 0.213. The van der Waals surface area contributed by atoms with Crippen molar-refractivity contribution in [3.05, 3.63) is 41.1 Å². The number of methoxy groups -OCH3 is 4. The van der Waals surface area contributed by atoms with Crippen LogP contribution in [-0.4, -0.2) is 98.9 Å². The molecule has 1 aliphatic heterocycles. The number of nitrogens with zero attached hydrogens (tertiary/aromatic N) is 2. The fourth-order valence-corrected chi connectivity index (χ4v) is 5.63. The molecular formula is C34H36N2O14. The maximum absolute atomic E-state index is 14.3. The number of ether oxygens (including phenoxy) is 9. The van der Waals surface area contributed by atoms with E-state index in [1.54, 1.807) is 12.1 Å². The highest BCUT2D eigenvalue weighted by Gasteiger charge is 2.53. The lowest BCUT2D eigenvalue weighted by Crippen LogP contribution is -2.60. The van der Waals surface area contributed by atoms with Gasteiger partial charge in [0.1, 0.15) is 24.2 Å². The summed E-state index contributed by atoms with van der Waals surface area (Å²) in [5.74, 6) is -0.350. The van der Waals surface area contributed by atoms with E-state index >= 15 is 0 Å². The third-order valence-corrected chi connectivity index (χ3v) is 7.55. The number of fused-ring (bicyclic) bond motifs is 1. The van der Waals surface area contributed by atoms with Crippen molar-refractivity contribution in [3.63, 3.8) is 0 Å². The number of esters is 4. The van der Waals surface area contributed by atoms with Crippen LogP contribution in [0.15, 0.2) is 24.3 Å². The molecule has 16 heteroatoms. The van der Waals surface area contributed by atoms with Crippen LogP contribution < -0.4 is 18.9 Å². The van der Waals surface area contributed by atoms with Gasteiger partial charge in [-0.15, -0.1) is 6.42 Å². The van der Waals surface area contributed by atoms with Gasteiger partial charge in [-0.05, 0) is 24.3 Å². The van der Waals surface area contributed by atoms with E-state index in [2.05, 4.69) is 11.0 Å². The standard InChI is InChI=1S/C34H36N2O14/c1-10-21-23(42-6)12-11-22-27(29(41)20-13-24(43-7)30(45-9)25(14-20)44-8)35-36(28(21)22)34-33(49-19(5)40)32(48-18(4)39)31(47-17(3)38)26(50-34)15-46-16(2)37/h1,11-14,26,31-34H,15H2,2-9H3/t26?,31-,32-,33?,34+/m0/s1. The number of carbonyl (C=O) groups is 5. The fourth-order valence-electron chi connectivity index (χ4n) is 5.63. The summed E-state index contributed by atoms with van der Waals surface area (Å²) in [7, 11) is 5.59. The van der Waals surface area contributed by atoms with Crippen molar-refractivity contribution < 1.29 is 66.6 Å². The van der Waals surface area contributed by atoms with Crippen LogP contribution in [0.3, 0.4) is 0 Å². The van der Waals surface area contributed by atoms with E-state index in [1.165, 1.54) is 45.3 Å². The summed E-state index contributed by atoms with van der Waals surface area (Å²) in [6.07, 6.45) is -1.37. The molecule has 1 aromatic heterocycles. The minimum absolute atomic E-state index is 0.0886. The number of rotatable bonds is 12. The van der Waals surface area contributed by atoms with Crippen molar-refractivity contribution >= 4 is 40.6 Å². The normalized spacial score (nSPS) is 19.8. The minimum atomic E-state index is -1.56. The zero-order valence-electron chi connectivity index (χ0n) is 28.6. The predicted molar refractivity (Wildman–Crippen MR) is 171 cm³/mol. The Balaban J connectivity index is 2.04. The van der Waals surface area contributed by atoms with Crippen molar-refractivity contribution in [1.29, 1.82) is 0 Å². The molecule has 1 fully saturated rings. The van der Waals surface area contributed by atoms with Crippen LogP contribution in [0.1, 0.15) is 55.5 Å². The van der Waals surface area contributed by atoms with Crippen molar-refractivity contribution in [2.75, 3.05) is 35.0 Å². The number of terminal acetylenes is 1. The van der Waals surface area contributed by atoms with Crippen molar-refractivity contribution in [2.45, 2.75) is 58.3 Å². The largest absolute Gasteiger partial charge is 0.495 e. The monoisotopic (exact) mass is 696 g/mol. The molecule has 0 amide bonds. The molecule has 5 atom stereocenters. The first kappa shape index (κ1) is 37.0.